The number of rotatable bonds is 6. The van der Waals surface area contributed by atoms with Gasteiger partial charge in [-0.25, -0.2) is 8.78 Å². The van der Waals surface area contributed by atoms with Crippen LogP contribution >= 0.6 is 11.6 Å². The Hall–Kier alpha value is -3.36. The Labute approximate surface area is 172 Å². The zero-order valence-electron chi connectivity index (χ0n) is 15.5. The number of hydrogen-bond acceptors (Lipinski definition) is 3. The van der Waals surface area contributed by atoms with Crippen LogP contribution in [0.25, 0.3) is 11.6 Å². The van der Waals surface area contributed by atoms with Gasteiger partial charge in [-0.1, -0.05) is 41.9 Å². The minimum atomic E-state index is -0.434. The Balaban J connectivity index is 1.91. The van der Waals surface area contributed by atoms with Crippen molar-refractivity contribution >= 4 is 23.3 Å². The molecule has 0 aliphatic rings. The Morgan fingerprint density at radius 2 is 1.90 bits per heavy atom. The first kappa shape index (κ1) is 20.4. The average Bonchev–Trinajstić information content (AvgIpc) is 2.72. The molecule has 0 spiro atoms. The third-order valence-electron chi connectivity index (χ3n) is 4.15. The maximum absolute atomic E-state index is 13.8. The first-order valence-electron chi connectivity index (χ1n) is 8.63. The summed E-state index contributed by atoms with van der Waals surface area (Å²) in [6.45, 7) is -0.0231. The van der Waals surface area contributed by atoms with Crippen LogP contribution in [-0.4, -0.2) is 7.11 Å². The van der Waals surface area contributed by atoms with Gasteiger partial charge in [-0.2, -0.15) is 5.26 Å². The molecule has 3 aromatic rings. The van der Waals surface area contributed by atoms with Crippen LogP contribution in [0.15, 0.2) is 60.7 Å². The molecule has 0 N–H and O–H groups in total. The summed E-state index contributed by atoms with van der Waals surface area (Å²) in [5, 5.41) is 9.69. The van der Waals surface area contributed by atoms with E-state index in [-0.39, 0.29) is 28.8 Å². The van der Waals surface area contributed by atoms with Gasteiger partial charge in [-0.05, 0) is 47.5 Å². The quantitative estimate of drug-likeness (QED) is 0.354. The number of allylic oxidation sites excluding steroid dienone is 1. The van der Waals surface area contributed by atoms with Gasteiger partial charge in [0.1, 0.15) is 18.2 Å². The van der Waals surface area contributed by atoms with Gasteiger partial charge in [0.2, 0.25) is 0 Å². The van der Waals surface area contributed by atoms with Crippen molar-refractivity contribution in [2.24, 2.45) is 0 Å². The van der Waals surface area contributed by atoms with Crippen molar-refractivity contribution in [2.75, 3.05) is 7.11 Å². The van der Waals surface area contributed by atoms with Gasteiger partial charge in [0, 0.05) is 5.56 Å². The molecule has 3 aromatic carbocycles. The Bertz CT molecular complexity index is 1110. The predicted octanol–water partition coefficient (Wildman–Crippen LogP) is 6.27. The predicted molar refractivity (Wildman–Crippen MR) is 109 cm³/mol. The molecule has 0 bridgehead atoms. The normalized spacial score (nSPS) is 11.1. The Kier molecular flexibility index (Phi) is 6.48. The lowest BCUT2D eigenvalue weighted by molar-refractivity contribution is 0.280. The van der Waals surface area contributed by atoms with Crippen molar-refractivity contribution in [2.45, 2.75) is 6.61 Å². The second kappa shape index (κ2) is 9.22. The minimum Gasteiger partial charge on any atom is -0.493 e. The number of benzene rings is 3. The molecule has 0 saturated carbocycles. The number of ether oxygens (including phenoxy) is 2. The SMILES string of the molecule is COc1cc(/C=C(/C#N)c2cccc(F)c2)cc(Cl)c1OCc1ccccc1F. The molecule has 0 aliphatic carbocycles. The van der Waals surface area contributed by atoms with Crippen molar-refractivity contribution in [1.29, 1.82) is 5.26 Å². The van der Waals surface area contributed by atoms with Crippen LogP contribution in [0.1, 0.15) is 16.7 Å². The molecule has 0 fully saturated rings. The summed E-state index contributed by atoms with van der Waals surface area (Å²) in [6, 6.07) is 17.3. The van der Waals surface area contributed by atoms with Gasteiger partial charge >= 0.3 is 0 Å². The molecule has 0 radical (unpaired) electrons. The zero-order chi connectivity index (χ0) is 20.8. The standard InChI is InChI=1S/C23H16ClF2NO2/c1-28-22-11-15(9-18(13-27)16-6-4-7-19(25)12-16)10-20(24)23(22)29-14-17-5-2-3-8-21(17)26/h2-12H,14H2,1H3/b18-9-. The van der Waals surface area contributed by atoms with Crippen molar-refractivity contribution in [1.82, 2.24) is 0 Å². The monoisotopic (exact) mass is 411 g/mol. The van der Waals surface area contributed by atoms with Gasteiger partial charge in [-0.15, -0.1) is 0 Å². The summed E-state index contributed by atoms with van der Waals surface area (Å²) >= 11 is 6.35. The van der Waals surface area contributed by atoms with E-state index in [4.69, 9.17) is 21.1 Å². The highest BCUT2D eigenvalue weighted by atomic mass is 35.5. The molecule has 0 aromatic heterocycles. The van der Waals surface area contributed by atoms with Crippen LogP contribution in [0.4, 0.5) is 8.78 Å². The van der Waals surface area contributed by atoms with Crippen LogP contribution in [0.5, 0.6) is 11.5 Å². The van der Waals surface area contributed by atoms with Crippen molar-refractivity contribution in [3.05, 3.63) is 94.0 Å². The fourth-order valence-electron chi connectivity index (χ4n) is 2.73. The fraction of sp³-hybridized carbons (Fsp3) is 0.0870. The lowest BCUT2D eigenvalue weighted by Crippen LogP contribution is -2.01. The van der Waals surface area contributed by atoms with Crippen LogP contribution < -0.4 is 9.47 Å². The van der Waals surface area contributed by atoms with E-state index in [0.717, 1.165) is 0 Å². The van der Waals surface area contributed by atoms with Gasteiger partial charge < -0.3 is 9.47 Å². The first-order chi connectivity index (χ1) is 14.0. The van der Waals surface area contributed by atoms with Gasteiger partial charge in [0.15, 0.2) is 11.5 Å². The molecule has 0 amide bonds. The summed E-state index contributed by atoms with van der Waals surface area (Å²) in [4.78, 5) is 0. The number of nitriles is 1. The number of halogens is 3. The van der Waals surface area contributed by atoms with E-state index in [1.165, 1.54) is 31.4 Å². The van der Waals surface area contributed by atoms with Gasteiger partial charge in [0.05, 0.1) is 23.8 Å². The summed E-state index contributed by atoms with van der Waals surface area (Å²) in [5.41, 5.74) is 1.67. The Morgan fingerprint density at radius 3 is 2.59 bits per heavy atom. The molecule has 0 unspecified atom stereocenters. The summed E-state index contributed by atoms with van der Waals surface area (Å²) in [7, 11) is 1.45. The molecule has 6 heteroatoms. The van der Waals surface area contributed by atoms with Crippen LogP contribution in [-0.2, 0) is 6.61 Å². The highest BCUT2D eigenvalue weighted by molar-refractivity contribution is 6.32. The summed E-state index contributed by atoms with van der Waals surface area (Å²) in [6.07, 6.45) is 1.57. The van der Waals surface area contributed by atoms with Gasteiger partial charge in [-0.3, -0.25) is 0 Å². The molecule has 146 valence electrons. The van der Waals surface area contributed by atoms with E-state index in [2.05, 4.69) is 6.07 Å². The molecule has 0 heterocycles. The first-order valence-corrected chi connectivity index (χ1v) is 9.01. The van der Waals surface area contributed by atoms with E-state index in [1.54, 1.807) is 42.5 Å². The molecule has 29 heavy (non-hydrogen) atoms. The van der Waals surface area contributed by atoms with Crippen LogP contribution in [0.2, 0.25) is 5.02 Å². The van der Waals surface area contributed by atoms with E-state index in [1.807, 2.05) is 0 Å². The lowest BCUT2D eigenvalue weighted by Gasteiger charge is -2.14. The molecule has 0 saturated heterocycles. The highest BCUT2D eigenvalue weighted by Crippen LogP contribution is 2.38. The maximum atomic E-state index is 13.8. The second-order valence-corrected chi connectivity index (χ2v) is 6.50. The number of nitrogens with zero attached hydrogens (tertiary/aromatic N) is 1. The van der Waals surface area contributed by atoms with E-state index in [9.17, 15) is 14.0 Å². The van der Waals surface area contributed by atoms with Crippen molar-refractivity contribution < 1.29 is 18.3 Å². The zero-order valence-corrected chi connectivity index (χ0v) is 16.2. The topological polar surface area (TPSA) is 42.2 Å². The van der Waals surface area contributed by atoms with Crippen molar-refractivity contribution in [3.8, 4) is 17.6 Å². The van der Waals surface area contributed by atoms with Crippen LogP contribution in [0.3, 0.4) is 0 Å². The molecule has 3 nitrogen and oxygen atoms in total. The van der Waals surface area contributed by atoms with E-state index >= 15 is 0 Å². The van der Waals surface area contributed by atoms with Crippen LogP contribution in [0, 0.1) is 23.0 Å². The number of hydrogen-bond donors (Lipinski definition) is 0. The third-order valence-corrected chi connectivity index (χ3v) is 4.43. The van der Waals surface area contributed by atoms with E-state index in [0.29, 0.717) is 22.4 Å². The summed E-state index contributed by atoms with van der Waals surface area (Å²) < 4.78 is 38.3. The smallest absolute Gasteiger partial charge is 0.180 e. The Morgan fingerprint density at radius 1 is 1.10 bits per heavy atom. The molecular formula is C23H16ClF2NO2. The molecule has 0 atom stereocenters. The fourth-order valence-corrected chi connectivity index (χ4v) is 3.01. The number of methoxy groups -OCH3 is 1. The highest BCUT2D eigenvalue weighted by Gasteiger charge is 2.13. The third kappa shape index (κ3) is 4.92. The van der Waals surface area contributed by atoms with Gasteiger partial charge in [0.25, 0.3) is 0 Å². The maximum Gasteiger partial charge on any atom is 0.180 e. The van der Waals surface area contributed by atoms with E-state index < -0.39 is 5.82 Å². The second-order valence-electron chi connectivity index (χ2n) is 6.09. The molecule has 0 aliphatic heterocycles. The molecular weight excluding hydrogens is 396 g/mol. The largest absolute Gasteiger partial charge is 0.493 e. The molecule has 3 rings (SSSR count). The summed E-state index contributed by atoms with van der Waals surface area (Å²) in [5.74, 6) is -0.220. The lowest BCUT2D eigenvalue weighted by atomic mass is 10.0. The van der Waals surface area contributed by atoms with Crippen molar-refractivity contribution in [3.63, 3.8) is 0 Å². The minimum absolute atomic E-state index is 0.0231. The average molecular weight is 412 g/mol.